The van der Waals surface area contributed by atoms with E-state index in [1.165, 1.54) is 12.8 Å². The number of nitrogens with one attached hydrogen (secondary N) is 1. The fraction of sp³-hybridized carbons (Fsp3) is 0.571. The van der Waals surface area contributed by atoms with Crippen LogP contribution in [-0.2, 0) is 4.74 Å². The van der Waals surface area contributed by atoms with Crippen LogP contribution in [0.2, 0.25) is 0 Å². The van der Waals surface area contributed by atoms with Gasteiger partial charge in [0.05, 0.1) is 13.2 Å². The van der Waals surface area contributed by atoms with E-state index in [0.717, 1.165) is 37.6 Å². The highest BCUT2D eigenvalue weighted by molar-refractivity contribution is 5.46. The Balaban J connectivity index is 2.24. The highest BCUT2D eigenvalue weighted by Gasteiger charge is 1.95. The van der Waals surface area contributed by atoms with Crippen LogP contribution in [-0.4, -0.2) is 26.9 Å². The van der Waals surface area contributed by atoms with Crippen LogP contribution in [0.15, 0.2) is 24.3 Å². The SMILES string of the molecule is CCCCCOc1ccc(NCCOC)cc1. The lowest BCUT2D eigenvalue weighted by Crippen LogP contribution is -2.07. The van der Waals surface area contributed by atoms with Crippen LogP contribution in [0.5, 0.6) is 5.75 Å². The number of rotatable bonds is 9. The highest BCUT2D eigenvalue weighted by atomic mass is 16.5. The summed E-state index contributed by atoms with van der Waals surface area (Å²) in [7, 11) is 1.70. The monoisotopic (exact) mass is 237 g/mol. The molecule has 0 radical (unpaired) electrons. The molecule has 0 spiro atoms. The Bertz CT molecular complexity index is 285. The fourth-order valence-electron chi connectivity index (χ4n) is 1.51. The average molecular weight is 237 g/mol. The van der Waals surface area contributed by atoms with Gasteiger partial charge >= 0.3 is 0 Å². The van der Waals surface area contributed by atoms with Crippen LogP contribution in [0.25, 0.3) is 0 Å². The largest absolute Gasteiger partial charge is 0.494 e. The first-order valence-corrected chi connectivity index (χ1v) is 6.32. The van der Waals surface area contributed by atoms with E-state index in [0.29, 0.717) is 0 Å². The van der Waals surface area contributed by atoms with Crippen molar-refractivity contribution in [1.82, 2.24) is 0 Å². The van der Waals surface area contributed by atoms with Crippen LogP contribution in [0.1, 0.15) is 26.2 Å². The van der Waals surface area contributed by atoms with Crippen LogP contribution in [0, 0.1) is 0 Å². The van der Waals surface area contributed by atoms with Crippen LogP contribution in [0.4, 0.5) is 5.69 Å². The standard InChI is InChI=1S/C14H23NO2/c1-3-4-5-11-17-14-8-6-13(7-9-14)15-10-12-16-2/h6-9,15H,3-5,10-12H2,1-2H3. The Hall–Kier alpha value is -1.22. The minimum atomic E-state index is 0.718. The van der Waals surface area contributed by atoms with Crippen molar-refractivity contribution in [2.75, 3.05) is 32.2 Å². The lowest BCUT2D eigenvalue weighted by atomic mass is 10.2. The van der Waals surface area contributed by atoms with Gasteiger partial charge in [0.1, 0.15) is 5.75 Å². The molecular formula is C14H23NO2. The van der Waals surface area contributed by atoms with Crippen molar-refractivity contribution in [1.29, 1.82) is 0 Å². The summed E-state index contributed by atoms with van der Waals surface area (Å²) in [6.45, 7) is 4.55. The normalized spacial score (nSPS) is 10.2. The summed E-state index contributed by atoms with van der Waals surface area (Å²) in [6, 6.07) is 8.07. The molecule has 0 aliphatic heterocycles. The molecule has 3 heteroatoms. The lowest BCUT2D eigenvalue weighted by Gasteiger charge is -2.08. The van der Waals surface area contributed by atoms with Crippen molar-refractivity contribution < 1.29 is 9.47 Å². The zero-order valence-corrected chi connectivity index (χ0v) is 10.9. The summed E-state index contributed by atoms with van der Waals surface area (Å²) in [5, 5.41) is 3.27. The Kier molecular flexibility index (Phi) is 7.23. The smallest absolute Gasteiger partial charge is 0.119 e. The second kappa shape index (κ2) is 8.88. The maximum Gasteiger partial charge on any atom is 0.119 e. The summed E-state index contributed by atoms with van der Waals surface area (Å²) < 4.78 is 10.6. The van der Waals surface area contributed by atoms with Crippen molar-refractivity contribution in [2.24, 2.45) is 0 Å². The van der Waals surface area contributed by atoms with Gasteiger partial charge in [-0.1, -0.05) is 19.8 Å². The van der Waals surface area contributed by atoms with Gasteiger partial charge in [-0.3, -0.25) is 0 Å². The molecule has 96 valence electrons. The van der Waals surface area contributed by atoms with E-state index in [1.54, 1.807) is 7.11 Å². The molecule has 3 nitrogen and oxygen atoms in total. The minimum Gasteiger partial charge on any atom is -0.494 e. The third kappa shape index (κ3) is 6.17. The van der Waals surface area contributed by atoms with Crippen molar-refractivity contribution in [3.8, 4) is 5.75 Å². The molecule has 0 saturated carbocycles. The number of anilines is 1. The number of methoxy groups -OCH3 is 1. The second-order valence-corrected chi connectivity index (χ2v) is 4.00. The van der Waals surface area contributed by atoms with E-state index < -0.39 is 0 Å². The Morgan fingerprint density at radius 2 is 1.82 bits per heavy atom. The zero-order valence-electron chi connectivity index (χ0n) is 10.9. The van der Waals surface area contributed by atoms with Gasteiger partial charge < -0.3 is 14.8 Å². The van der Waals surface area contributed by atoms with E-state index in [-0.39, 0.29) is 0 Å². The summed E-state index contributed by atoms with van der Waals surface area (Å²) in [6.07, 6.45) is 3.59. The molecule has 0 amide bonds. The van der Waals surface area contributed by atoms with Crippen molar-refractivity contribution >= 4 is 5.69 Å². The van der Waals surface area contributed by atoms with Crippen LogP contribution < -0.4 is 10.1 Å². The molecule has 0 saturated heterocycles. The van der Waals surface area contributed by atoms with E-state index >= 15 is 0 Å². The second-order valence-electron chi connectivity index (χ2n) is 4.00. The molecule has 17 heavy (non-hydrogen) atoms. The average Bonchev–Trinajstić information content (AvgIpc) is 2.37. The third-order valence-electron chi connectivity index (χ3n) is 2.51. The molecular weight excluding hydrogens is 214 g/mol. The molecule has 0 aliphatic carbocycles. The van der Waals surface area contributed by atoms with E-state index in [9.17, 15) is 0 Å². The molecule has 0 aliphatic rings. The first-order chi connectivity index (χ1) is 8.36. The third-order valence-corrected chi connectivity index (χ3v) is 2.51. The molecule has 1 aromatic carbocycles. The van der Waals surface area contributed by atoms with Crippen molar-refractivity contribution in [3.63, 3.8) is 0 Å². The van der Waals surface area contributed by atoms with Gasteiger partial charge in [-0.15, -0.1) is 0 Å². The number of hydrogen-bond acceptors (Lipinski definition) is 3. The Morgan fingerprint density at radius 1 is 1.06 bits per heavy atom. The molecule has 0 atom stereocenters. The molecule has 0 bridgehead atoms. The lowest BCUT2D eigenvalue weighted by molar-refractivity contribution is 0.211. The quantitative estimate of drug-likeness (QED) is 0.668. The van der Waals surface area contributed by atoms with E-state index in [4.69, 9.17) is 9.47 Å². The first-order valence-electron chi connectivity index (χ1n) is 6.32. The maximum atomic E-state index is 5.64. The van der Waals surface area contributed by atoms with Crippen molar-refractivity contribution in [3.05, 3.63) is 24.3 Å². The number of hydrogen-bond donors (Lipinski definition) is 1. The van der Waals surface area contributed by atoms with E-state index in [2.05, 4.69) is 12.2 Å². The van der Waals surface area contributed by atoms with Gasteiger partial charge in [0.2, 0.25) is 0 Å². The van der Waals surface area contributed by atoms with E-state index in [1.807, 2.05) is 24.3 Å². The predicted molar refractivity (Wildman–Crippen MR) is 71.8 cm³/mol. The van der Waals surface area contributed by atoms with Gasteiger partial charge in [0, 0.05) is 19.3 Å². The maximum absolute atomic E-state index is 5.64. The van der Waals surface area contributed by atoms with Gasteiger partial charge in [0.15, 0.2) is 0 Å². The zero-order chi connectivity index (χ0) is 12.3. The number of ether oxygens (including phenoxy) is 2. The fourth-order valence-corrected chi connectivity index (χ4v) is 1.51. The van der Waals surface area contributed by atoms with Gasteiger partial charge in [0.25, 0.3) is 0 Å². The van der Waals surface area contributed by atoms with Crippen LogP contribution >= 0.6 is 0 Å². The van der Waals surface area contributed by atoms with Crippen LogP contribution in [0.3, 0.4) is 0 Å². The minimum absolute atomic E-state index is 0.718. The molecule has 1 N–H and O–H groups in total. The number of unbranched alkanes of at least 4 members (excludes halogenated alkanes) is 2. The molecule has 1 rings (SSSR count). The topological polar surface area (TPSA) is 30.5 Å². The first kappa shape index (κ1) is 13.8. The molecule has 0 fully saturated rings. The molecule has 0 aromatic heterocycles. The summed E-state index contributed by atoms with van der Waals surface area (Å²) in [5.41, 5.74) is 1.10. The highest BCUT2D eigenvalue weighted by Crippen LogP contribution is 2.15. The Labute approximate surface area is 104 Å². The summed E-state index contributed by atoms with van der Waals surface area (Å²) in [4.78, 5) is 0. The molecule has 1 aromatic rings. The molecule has 0 unspecified atom stereocenters. The summed E-state index contributed by atoms with van der Waals surface area (Å²) in [5.74, 6) is 0.943. The molecule has 0 heterocycles. The number of benzene rings is 1. The Morgan fingerprint density at radius 3 is 2.47 bits per heavy atom. The van der Waals surface area contributed by atoms with Gasteiger partial charge in [-0.25, -0.2) is 0 Å². The van der Waals surface area contributed by atoms with Gasteiger partial charge in [-0.2, -0.15) is 0 Å². The summed E-state index contributed by atoms with van der Waals surface area (Å²) >= 11 is 0. The predicted octanol–water partition coefficient (Wildman–Crippen LogP) is 3.31. The van der Waals surface area contributed by atoms with Gasteiger partial charge in [-0.05, 0) is 30.7 Å². The van der Waals surface area contributed by atoms with Crippen molar-refractivity contribution in [2.45, 2.75) is 26.2 Å².